The minimum absolute atomic E-state index is 0.199. The second kappa shape index (κ2) is 5.14. The summed E-state index contributed by atoms with van der Waals surface area (Å²) in [6.07, 6.45) is 2.53. The number of halogens is 1. The zero-order valence-electron chi connectivity index (χ0n) is 10.2. The molecule has 0 radical (unpaired) electrons. The molecule has 0 aliphatic heterocycles. The van der Waals surface area contributed by atoms with Crippen LogP contribution in [0.3, 0.4) is 0 Å². The van der Waals surface area contributed by atoms with Crippen molar-refractivity contribution in [2.75, 3.05) is 5.32 Å². The lowest BCUT2D eigenvalue weighted by atomic mass is 10.2. The Morgan fingerprint density at radius 1 is 1.47 bits per heavy atom. The van der Waals surface area contributed by atoms with Crippen LogP contribution in [0, 0.1) is 0 Å². The SMILES string of the molecule is CC(Cc1cccs1)Nc1nc(Cl)nc2nc[nH]c12. The van der Waals surface area contributed by atoms with Crippen molar-refractivity contribution in [1.82, 2.24) is 19.9 Å². The Labute approximate surface area is 119 Å². The first-order valence-electron chi connectivity index (χ1n) is 5.88. The van der Waals surface area contributed by atoms with Crippen molar-refractivity contribution in [3.8, 4) is 0 Å². The fourth-order valence-electron chi connectivity index (χ4n) is 1.93. The van der Waals surface area contributed by atoms with Crippen molar-refractivity contribution in [3.63, 3.8) is 0 Å². The maximum atomic E-state index is 5.89. The third-order valence-electron chi connectivity index (χ3n) is 2.73. The lowest BCUT2D eigenvalue weighted by Crippen LogP contribution is -2.18. The predicted octanol–water partition coefficient (Wildman–Crippen LogP) is 3.11. The Kier molecular flexibility index (Phi) is 3.35. The van der Waals surface area contributed by atoms with Crippen molar-refractivity contribution < 1.29 is 0 Å². The molecule has 0 aromatic carbocycles. The molecule has 0 aliphatic rings. The molecule has 98 valence electrons. The molecule has 1 unspecified atom stereocenters. The number of rotatable bonds is 4. The molecule has 3 rings (SSSR count). The second-order valence-corrected chi connectivity index (χ2v) is 5.64. The van der Waals surface area contributed by atoms with Crippen molar-refractivity contribution in [3.05, 3.63) is 34.0 Å². The van der Waals surface area contributed by atoms with Crippen LogP contribution < -0.4 is 5.32 Å². The average molecular weight is 294 g/mol. The highest BCUT2D eigenvalue weighted by molar-refractivity contribution is 7.09. The summed E-state index contributed by atoms with van der Waals surface area (Å²) in [5.41, 5.74) is 1.35. The van der Waals surface area contributed by atoms with Gasteiger partial charge in [0.15, 0.2) is 11.5 Å². The fourth-order valence-corrected chi connectivity index (χ4v) is 2.93. The largest absolute Gasteiger partial charge is 0.365 e. The van der Waals surface area contributed by atoms with Gasteiger partial charge in [-0.1, -0.05) is 6.07 Å². The van der Waals surface area contributed by atoms with Crippen molar-refractivity contribution >= 4 is 39.9 Å². The smallest absolute Gasteiger partial charge is 0.226 e. The highest BCUT2D eigenvalue weighted by atomic mass is 35.5. The summed E-state index contributed by atoms with van der Waals surface area (Å²) in [5.74, 6) is 0.691. The van der Waals surface area contributed by atoms with E-state index in [2.05, 4.69) is 49.7 Å². The third kappa shape index (κ3) is 2.69. The molecule has 1 atom stereocenters. The third-order valence-corrected chi connectivity index (χ3v) is 3.80. The van der Waals surface area contributed by atoms with E-state index < -0.39 is 0 Å². The second-order valence-electron chi connectivity index (χ2n) is 4.27. The Bertz CT molecular complexity index is 679. The first-order valence-corrected chi connectivity index (χ1v) is 7.13. The van der Waals surface area contributed by atoms with E-state index in [4.69, 9.17) is 11.6 Å². The van der Waals surface area contributed by atoms with Crippen molar-refractivity contribution in [2.45, 2.75) is 19.4 Å². The molecule has 2 N–H and O–H groups in total. The molecule has 0 spiro atoms. The van der Waals surface area contributed by atoms with Gasteiger partial charge in [0, 0.05) is 17.3 Å². The number of hydrogen-bond acceptors (Lipinski definition) is 5. The van der Waals surface area contributed by atoms with E-state index in [0.717, 1.165) is 11.9 Å². The van der Waals surface area contributed by atoms with Gasteiger partial charge >= 0.3 is 0 Å². The summed E-state index contributed by atoms with van der Waals surface area (Å²) in [4.78, 5) is 16.7. The van der Waals surface area contributed by atoms with Crippen LogP contribution in [0.5, 0.6) is 0 Å². The van der Waals surface area contributed by atoms with Crippen LogP contribution >= 0.6 is 22.9 Å². The van der Waals surface area contributed by atoms with Crippen LogP contribution in [0.15, 0.2) is 23.8 Å². The van der Waals surface area contributed by atoms with E-state index in [1.807, 2.05) is 0 Å². The molecule has 19 heavy (non-hydrogen) atoms. The van der Waals surface area contributed by atoms with Crippen molar-refractivity contribution in [2.24, 2.45) is 0 Å². The Morgan fingerprint density at radius 3 is 3.16 bits per heavy atom. The molecule has 0 saturated carbocycles. The van der Waals surface area contributed by atoms with E-state index in [1.165, 1.54) is 4.88 Å². The number of H-pyrrole nitrogens is 1. The average Bonchev–Trinajstić information content (AvgIpc) is 2.99. The topological polar surface area (TPSA) is 66.5 Å². The molecule has 3 aromatic heterocycles. The summed E-state index contributed by atoms with van der Waals surface area (Å²) < 4.78 is 0. The molecule has 5 nitrogen and oxygen atoms in total. The molecule has 0 bridgehead atoms. The summed E-state index contributed by atoms with van der Waals surface area (Å²) in [7, 11) is 0. The number of fused-ring (bicyclic) bond motifs is 1. The molecule has 7 heteroatoms. The van der Waals surface area contributed by atoms with Gasteiger partial charge in [0.1, 0.15) is 5.52 Å². The fraction of sp³-hybridized carbons (Fsp3) is 0.250. The normalized spacial score (nSPS) is 12.7. The highest BCUT2D eigenvalue weighted by Gasteiger charge is 2.12. The number of hydrogen-bond donors (Lipinski definition) is 2. The van der Waals surface area contributed by atoms with Gasteiger partial charge in [-0.3, -0.25) is 0 Å². The van der Waals surface area contributed by atoms with E-state index in [-0.39, 0.29) is 11.3 Å². The zero-order valence-corrected chi connectivity index (χ0v) is 11.8. The molecule has 0 aliphatic carbocycles. The van der Waals surface area contributed by atoms with Crippen LogP contribution in [0.2, 0.25) is 5.28 Å². The number of nitrogens with one attached hydrogen (secondary N) is 2. The van der Waals surface area contributed by atoms with Gasteiger partial charge in [0.05, 0.1) is 6.33 Å². The molecule has 0 fully saturated rings. The molecular weight excluding hydrogens is 282 g/mol. The number of imidazole rings is 1. The maximum Gasteiger partial charge on any atom is 0.226 e. The number of aromatic amines is 1. The summed E-state index contributed by atoms with van der Waals surface area (Å²) in [6, 6.07) is 4.43. The van der Waals surface area contributed by atoms with E-state index in [9.17, 15) is 0 Å². The van der Waals surface area contributed by atoms with E-state index in [0.29, 0.717) is 11.5 Å². The van der Waals surface area contributed by atoms with Crippen LogP contribution in [0.4, 0.5) is 5.82 Å². The first-order chi connectivity index (χ1) is 9.22. The van der Waals surface area contributed by atoms with Crippen LogP contribution in [-0.4, -0.2) is 26.0 Å². The number of nitrogens with zero attached hydrogens (tertiary/aromatic N) is 3. The molecule has 0 saturated heterocycles. The highest BCUT2D eigenvalue weighted by Crippen LogP contribution is 2.20. The lowest BCUT2D eigenvalue weighted by Gasteiger charge is -2.13. The monoisotopic (exact) mass is 293 g/mol. The zero-order chi connectivity index (χ0) is 13.2. The van der Waals surface area contributed by atoms with Gasteiger partial charge in [-0.05, 0) is 30.0 Å². The van der Waals surface area contributed by atoms with Gasteiger partial charge in [-0.25, -0.2) is 4.98 Å². The van der Waals surface area contributed by atoms with Crippen LogP contribution in [0.25, 0.3) is 11.2 Å². The predicted molar refractivity (Wildman–Crippen MR) is 77.8 cm³/mol. The van der Waals surface area contributed by atoms with Gasteiger partial charge in [-0.15, -0.1) is 11.3 Å². The molecule has 3 aromatic rings. The minimum Gasteiger partial charge on any atom is -0.365 e. The summed E-state index contributed by atoms with van der Waals surface area (Å²) in [6.45, 7) is 2.11. The number of aromatic nitrogens is 4. The number of anilines is 1. The lowest BCUT2D eigenvalue weighted by molar-refractivity contribution is 0.795. The standard InChI is InChI=1S/C12H12ClN5S/c1-7(5-8-3-2-4-19-8)16-11-9-10(15-6-14-9)17-12(13)18-11/h2-4,6-7H,5H2,1H3,(H2,14,15,16,17,18). The summed E-state index contributed by atoms with van der Waals surface area (Å²) in [5, 5.41) is 5.63. The maximum absolute atomic E-state index is 5.89. The van der Waals surface area contributed by atoms with E-state index in [1.54, 1.807) is 17.7 Å². The van der Waals surface area contributed by atoms with Gasteiger partial charge in [-0.2, -0.15) is 9.97 Å². The van der Waals surface area contributed by atoms with E-state index >= 15 is 0 Å². The van der Waals surface area contributed by atoms with Gasteiger partial charge in [0.2, 0.25) is 5.28 Å². The quantitative estimate of drug-likeness (QED) is 0.725. The number of thiophene rings is 1. The molecule has 0 amide bonds. The first kappa shape index (κ1) is 12.4. The minimum atomic E-state index is 0.199. The Hall–Kier alpha value is -1.66. The van der Waals surface area contributed by atoms with Gasteiger partial charge in [0.25, 0.3) is 0 Å². The Morgan fingerprint density at radius 2 is 2.37 bits per heavy atom. The Balaban J connectivity index is 1.82. The van der Waals surface area contributed by atoms with Crippen LogP contribution in [0.1, 0.15) is 11.8 Å². The van der Waals surface area contributed by atoms with Crippen molar-refractivity contribution in [1.29, 1.82) is 0 Å². The van der Waals surface area contributed by atoms with Crippen LogP contribution in [-0.2, 0) is 6.42 Å². The van der Waals surface area contributed by atoms with Gasteiger partial charge < -0.3 is 10.3 Å². The summed E-state index contributed by atoms with van der Waals surface area (Å²) >= 11 is 7.64. The molecule has 3 heterocycles. The molecular formula is C12H12ClN5S.